The summed E-state index contributed by atoms with van der Waals surface area (Å²) in [5.74, 6) is 1.55. The molecule has 1 rings (SSSR count). The van der Waals surface area contributed by atoms with E-state index >= 15 is 0 Å². The highest BCUT2D eigenvalue weighted by Crippen LogP contribution is 2.28. The van der Waals surface area contributed by atoms with E-state index < -0.39 is 0 Å². The van der Waals surface area contributed by atoms with Crippen molar-refractivity contribution in [3.63, 3.8) is 0 Å². The van der Waals surface area contributed by atoms with Crippen LogP contribution in [0.15, 0.2) is 30.4 Å². The van der Waals surface area contributed by atoms with E-state index in [9.17, 15) is 0 Å². The molecule has 3 heteroatoms. The summed E-state index contributed by atoms with van der Waals surface area (Å²) in [5, 5.41) is 3.38. The molecular formula is C16H25NO2. The fraction of sp³-hybridized carbons (Fsp3) is 0.500. The standard InChI is InChI=1S/C16H25NO2/c1-5-9-17-11-14-7-8-15(18-4)16(10-14)19-12-13(3)6-2/h7-8,10,17H,3,5-6,9,11-12H2,1-2,4H3. The van der Waals surface area contributed by atoms with E-state index in [1.807, 2.05) is 12.1 Å². The van der Waals surface area contributed by atoms with Crippen LogP contribution in [0, 0.1) is 0 Å². The first kappa shape index (κ1) is 15.6. The molecule has 0 unspecified atom stereocenters. The minimum atomic E-state index is 0.540. The second-order valence-corrected chi connectivity index (χ2v) is 4.55. The maximum atomic E-state index is 5.78. The summed E-state index contributed by atoms with van der Waals surface area (Å²) in [7, 11) is 1.66. The Kier molecular flexibility index (Phi) is 7.04. The van der Waals surface area contributed by atoms with Crippen LogP contribution < -0.4 is 14.8 Å². The largest absolute Gasteiger partial charge is 0.493 e. The molecule has 0 saturated carbocycles. The molecular weight excluding hydrogens is 238 g/mol. The molecule has 0 aliphatic rings. The molecule has 106 valence electrons. The van der Waals surface area contributed by atoms with Crippen molar-refractivity contribution < 1.29 is 9.47 Å². The third-order valence-electron chi connectivity index (χ3n) is 2.92. The summed E-state index contributed by atoms with van der Waals surface area (Å²) < 4.78 is 11.1. The van der Waals surface area contributed by atoms with Crippen LogP contribution in [0.2, 0.25) is 0 Å². The Morgan fingerprint density at radius 1 is 1.26 bits per heavy atom. The van der Waals surface area contributed by atoms with Crippen molar-refractivity contribution in [2.75, 3.05) is 20.3 Å². The molecule has 0 bridgehead atoms. The van der Waals surface area contributed by atoms with Gasteiger partial charge in [0, 0.05) is 6.54 Å². The van der Waals surface area contributed by atoms with E-state index in [2.05, 4.69) is 31.8 Å². The van der Waals surface area contributed by atoms with Gasteiger partial charge in [0.2, 0.25) is 0 Å². The Labute approximate surface area is 116 Å². The van der Waals surface area contributed by atoms with E-state index in [1.165, 1.54) is 5.56 Å². The number of rotatable bonds is 9. The molecule has 0 aliphatic heterocycles. The summed E-state index contributed by atoms with van der Waals surface area (Å²) in [6, 6.07) is 6.04. The van der Waals surface area contributed by atoms with Crippen molar-refractivity contribution in [3.8, 4) is 11.5 Å². The van der Waals surface area contributed by atoms with Crippen LogP contribution in [0.3, 0.4) is 0 Å². The predicted octanol–water partition coefficient (Wildman–Crippen LogP) is 3.54. The van der Waals surface area contributed by atoms with Gasteiger partial charge in [-0.2, -0.15) is 0 Å². The molecule has 19 heavy (non-hydrogen) atoms. The molecule has 0 amide bonds. The average Bonchev–Trinajstić information content (AvgIpc) is 2.45. The Balaban J connectivity index is 2.69. The second kappa shape index (κ2) is 8.59. The van der Waals surface area contributed by atoms with E-state index in [-0.39, 0.29) is 0 Å². The van der Waals surface area contributed by atoms with Gasteiger partial charge in [-0.25, -0.2) is 0 Å². The molecule has 0 radical (unpaired) electrons. The first-order chi connectivity index (χ1) is 9.21. The second-order valence-electron chi connectivity index (χ2n) is 4.55. The van der Waals surface area contributed by atoms with Crippen LogP contribution in [0.1, 0.15) is 32.3 Å². The first-order valence-electron chi connectivity index (χ1n) is 6.88. The number of hydrogen-bond donors (Lipinski definition) is 1. The van der Waals surface area contributed by atoms with Crippen molar-refractivity contribution in [2.45, 2.75) is 33.2 Å². The number of benzene rings is 1. The van der Waals surface area contributed by atoms with E-state index in [1.54, 1.807) is 7.11 Å². The number of nitrogens with one attached hydrogen (secondary N) is 1. The van der Waals surface area contributed by atoms with Gasteiger partial charge in [0.25, 0.3) is 0 Å². The maximum Gasteiger partial charge on any atom is 0.161 e. The SMILES string of the molecule is C=C(CC)COc1cc(CNCCC)ccc1OC. The first-order valence-corrected chi connectivity index (χ1v) is 6.88. The van der Waals surface area contributed by atoms with Crippen LogP contribution in [-0.2, 0) is 6.54 Å². The lowest BCUT2D eigenvalue weighted by atomic mass is 10.2. The van der Waals surface area contributed by atoms with Gasteiger partial charge in [0.05, 0.1) is 7.11 Å². The van der Waals surface area contributed by atoms with Crippen molar-refractivity contribution in [3.05, 3.63) is 35.9 Å². The number of ether oxygens (including phenoxy) is 2. The van der Waals surface area contributed by atoms with Gasteiger partial charge in [-0.05, 0) is 42.7 Å². The van der Waals surface area contributed by atoms with E-state index in [4.69, 9.17) is 9.47 Å². The van der Waals surface area contributed by atoms with Crippen molar-refractivity contribution in [1.82, 2.24) is 5.32 Å². The third-order valence-corrected chi connectivity index (χ3v) is 2.92. The predicted molar refractivity (Wildman–Crippen MR) is 79.9 cm³/mol. The lowest BCUT2D eigenvalue weighted by Crippen LogP contribution is -2.13. The zero-order chi connectivity index (χ0) is 14.1. The zero-order valence-corrected chi connectivity index (χ0v) is 12.3. The normalized spacial score (nSPS) is 10.3. The molecule has 1 aromatic rings. The van der Waals surface area contributed by atoms with Gasteiger partial charge in [-0.3, -0.25) is 0 Å². The minimum Gasteiger partial charge on any atom is -0.493 e. The molecule has 1 aromatic carbocycles. The van der Waals surface area contributed by atoms with Crippen LogP contribution >= 0.6 is 0 Å². The average molecular weight is 263 g/mol. The third kappa shape index (κ3) is 5.35. The van der Waals surface area contributed by atoms with Gasteiger partial charge in [0.1, 0.15) is 6.61 Å². The Bertz CT molecular complexity index is 402. The van der Waals surface area contributed by atoms with Gasteiger partial charge in [0.15, 0.2) is 11.5 Å². The monoisotopic (exact) mass is 263 g/mol. The maximum absolute atomic E-state index is 5.78. The molecule has 1 N–H and O–H groups in total. The molecule has 0 fully saturated rings. The van der Waals surface area contributed by atoms with Gasteiger partial charge in [-0.15, -0.1) is 0 Å². The summed E-state index contributed by atoms with van der Waals surface area (Å²) in [6.07, 6.45) is 2.07. The quantitative estimate of drug-likeness (QED) is 0.546. The molecule has 3 nitrogen and oxygen atoms in total. The highest BCUT2D eigenvalue weighted by Gasteiger charge is 2.06. The van der Waals surface area contributed by atoms with Gasteiger partial charge >= 0.3 is 0 Å². The van der Waals surface area contributed by atoms with Crippen molar-refractivity contribution in [2.24, 2.45) is 0 Å². The highest BCUT2D eigenvalue weighted by molar-refractivity contribution is 5.43. The molecule has 0 aromatic heterocycles. The Hall–Kier alpha value is -1.48. The van der Waals surface area contributed by atoms with E-state index in [0.717, 1.165) is 43.0 Å². The molecule has 0 aliphatic carbocycles. The van der Waals surface area contributed by atoms with Crippen molar-refractivity contribution in [1.29, 1.82) is 0 Å². The van der Waals surface area contributed by atoms with E-state index in [0.29, 0.717) is 6.61 Å². The van der Waals surface area contributed by atoms with Crippen molar-refractivity contribution >= 4 is 0 Å². The smallest absolute Gasteiger partial charge is 0.161 e. The molecule has 0 saturated heterocycles. The summed E-state index contributed by atoms with van der Waals surface area (Å²) in [6.45, 7) is 10.6. The number of methoxy groups -OCH3 is 1. The van der Waals surface area contributed by atoms with Crippen LogP contribution in [0.4, 0.5) is 0 Å². The van der Waals surface area contributed by atoms with Crippen LogP contribution in [-0.4, -0.2) is 20.3 Å². The fourth-order valence-electron chi connectivity index (χ4n) is 1.64. The minimum absolute atomic E-state index is 0.540. The summed E-state index contributed by atoms with van der Waals surface area (Å²) in [4.78, 5) is 0. The number of hydrogen-bond acceptors (Lipinski definition) is 3. The Morgan fingerprint density at radius 2 is 2.05 bits per heavy atom. The van der Waals surface area contributed by atoms with Gasteiger partial charge < -0.3 is 14.8 Å². The Morgan fingerprint density at radius 3 is 2.68 bits per heavy atom. The molecule has 0 heterocycles. The highest BCUT2D eigenvalue weighted by atomic mass is 16.5. The van der Waals surface area contributed by atoms with Crippen LogP contribution in [0.25, 0.3) is 0 Å². The van der Waals surface area contributed by atoms with Crippen LogP contribution in [0.5, 0.6) is 11.5 Å². The zero-order valence-electron chi connectivity index (χ0n) is 12.3. The lowest BCUT2D eigenvalue weighted by Gasteiger charge is -2.13. The topological polar surface area (TPSA) is 30.5 Å². The molecule has 0 atom stereocenters. The van der Waals surface area contributed by atoms with Gasteiger partial charge in [-0.1, -0.05) is 26.5 Å². The summed E-state index contributed by atoms with van der Waals surface area (Å²) >= 11 is 0. The summed E-state index contributed by atoms with van der Waals surface area (Å²) in [5.41, 5.74) is 2.28. The molecule has 0 spiro atoms. The fourth-order valence-corrected chi connectivity index (χ4v) is 1.64. The lowest BCUT2D eigenvalue weighted by molar-refractivity contribution is 0.317.